The van der Waals surface area contributed by atoms with E-state index in [0.717, 1.165) is 29.4 Å². The number of methoxy groups -OCH3 is 1. The number of aromatic nitrogens is 1. The average Bonchev–Trinajstić information content (AvgIpc) is 3.15. The van der Waals surface area contributed by atoms with Crippen molar-refractivity contribution in [3.63, 3.8) is 0 Å². The fourth-order valence-corrected chi connectivity index (χ4v) is 2.72. The maximum Gasteiger partial charge on any atom is 0.258 e. The summed E-state index contributed by atoms with van der Waals surface area (Å²) in [5, 5.41) is 5.16. The molecule has 3 rings (SSSR count). The van der Waals surface area contributed by atoms with Crippen molar-refractivity contribution in [1.29, 1.82) is 0 Å². The van der Waals surface area contributed by atoms with E-state index in [4.69, 9.17) is 4.74 Å². The van der Waals surface area contributed by atoms with Crippen LogP contribution in [0.3, 0.4) is 0 Å². The molecule has 2 N–H and O–H groups in total. The number of benzene rings is 1. The molecule has 142 valence electrons. The van der Waals surface area contributed by atoms with E-state index in [2.05, 4.69) is 9.88 Å². The van der Waals surface area contributed by atoms with Crippen molar-refractivity contribution in [2.75, 3.05) is 13.7 Å². The first-order valence-electron chi connectivity index (χ1n) is 8.33. The minimum Gasteiger partial charge on any atom is -0.385 e. The summed E-state index contributed by atoms with van der Waals surface area (Å²) in [7, 11) is 1.68. The minimum absolute atomic E-state index is 0.329. The van der Waals surface area contributed by atoms with E-state index in [-0.39, 0.29) is 17.7 Å². The number of nitrogens with one attached hydrogen (secondary N) is 2. The first-order valence-corrected chi connectivity index (χ1v) is 8.33. The number of ether oxygens (including phenoxy) is 1. The molecule has 1 aromatic heterocycles. The van der Waals surface area contributed by atoms with E-state index in [1.165, 1.54) is 13.0 Å². The molecule has 0 atom stereocenters. The van der Waals surface area contributed by atoms with Gasteiger partial charge in [-0.2, -0.15) is 0 Å². The molecule has 0 unspecified atom stereocenters. The summed E-state index contributed by atoms with van der Waals surface area (Å²) < 4.78 is 7.18. The fourth-order valence-electron chi connectivity index (χ4n) is 2.72. The van der Waals surface area contributed by atoms with E-state index >= 15 is 0 Å². The maximum atomic E-state index is 11.9. The van der Waals surface area contributed by atoms with Crippen LogP contribution in [0.2, 0.25) is 0 Å². The highest BCUT2D eigenvalue weighted by Crippen LogP contribution is 2.29. The summed E-state index contributed by atoms with van der Waals surface area (Å²) in [6, 6.07) is 7.88. The maximum absolute atomic E-state index is 11.9. The zero-order valence-electron chi connectivity index (χ0n) is 15.2. The van der Waals surface area contributed by atoms with Crippen LogP contribution in [-0.2, 0) is 30.5 Å². The molecule has 1 aromatic carbocycles. The van der Waals surface area contributed by atoms with Gasteiger partial charge < -0.3 is 9.30 Å². The first-order chi connectivity index (χ1) is 13.0. The lowest BCUT2D eigenvalue weighted by atomic mass is 10.1. The second-order valence-corrected chi connectivity index (χ2v) is 5.79. The average molecular weight is 371 g/mol. The standard InChI is InChI=1S/C16H16N2O3.C3H5NO2/c1-21-8-4-7-18-10-13(11-5-2-3-6-14(11)18)12-9-15(19)17-16(12)20;1-3(6)4-2-5/h2-3,5-6,9-10H,4,7-8H2,1H3,(H,17,19,20);2H,1H3,(H,4,5,6). The first kappa shape index (κ1) is 20.1. The number of fused-ring (bicyclic) bond motifs is 1. The summed E-state index contributed by atoms with van der Waals surface area (Å²) in [4.78, 5) is 42.2. The van der Waals surface area contributed by atoms with Crippen molar-refractivity contribution in [2.45, 2.75) is 19.9 Å². The molecule has 1 aliphatic rings. The second kappa shape index (κ2) is 9.44. The van der Waals surface area contributed by atoms with Gasteiger partial charge in [0.1, 0.15) is 0 Å². The number of hydrogen-bond acceptors (Lipinski definition) is 5. The van der Waals surface area contributed by atoms with Gasteiger partial charge in [0.15, 0.2) is 0 Å². The molecule has 0 bridgehead atoms. The molecule has 0 radical (unpaired) electrons. The number of carbonyl (C=O) groups excluding carboxylic acids is 4. The van der Waals surface area contributed by atoms with Crippen LogP contribution in [0.1, 0.15) is 18.9 Å². The zero-order valence-corrected chi connectivity index (χ0v) is 15.2. The molecule has 0 spiro atoms. The fraction of sp³-hybridized carbons (Fsp3) is 0.263. The van der Waals surface area contributed by atoms with Gasteiger partial charge in [0.05, 0.1) is 5.57 Å². The Morgan fingerprint density at radius 1 is 1.30 bits per heavy atom. The molecule has 0 fully saturated rings. The minimum atomic E-state index is -0.355. The molecule has 1 aliphatic heterocycles. The second-order valence-electron chi connectivity index (χ2n) is 5.79. The number of aryl methyl sites for hydroxylation is 1. The Hall–Kier alpha value is -3.26. The third-order valence-electron chi connectivity index (χ3n) is 3.85. The van der Waals surface area contributed by atoms with Gasteiger partial charge in [-0.05, 0) is 12.5 Å². The lowest BCUT2D eigenvalue weighted by molar-refractivity contribution is -0.125. The Balaban J connectivity index is 0.000000380. The number of nitrogens with zero attached hydrogens (tertiary/aromatic N) is 1. The van der Waals surface area contributed by atoms with Crippen LogP contribution < -0.4 is 10.6 Å². The normalized spacial score (nSPS) is 12.9. The number of para-hydroxylation sites is 1. The van der Waals surface area contributed by atoms with Crippen molar-refractivity contribution in [3.8, 4) is 0 Å². The predicted octanol–water partition coefficient (Wildman–Crippen LogP) is 0.996. The Bertz CT molecular complexity index is 898. The van der Waals surface area contributed by atoms with Crippen molar-refractivity contribution in [2.24, 2.45) is 0 Å². The van der Waals surface area contributed by atoms with Crippen LogP contribution in [0.15, 0.2) is 36.5 Å². The quantitative estimate of drug-likeness (QED) is 0.448. The Kier molecular flexibility index (Phi) is 7.01. The van der Waals surface area contributed by atoms with E-state index in [0.29, 0.717) is 18.6 Å². The van der Waals surface area contributed by atoms with Gasteiger partial charge in [-0.1, -0.05) is 18.2 Å². The van der Waals surface area contributed by atoms with Crippen molar-refractivity contribution < 1.29 is 23.9 Å². The number of imide groups is 2. The van der Waals surface area contributed by atoms with Gasteiger partial charge in [-0.15, -0.1) is 0 Å². The highest BCUT2D eigenvalue weighted by Gasteiger charge is 2.25. The third kappa shape index (κ3) is 5.11. The van der Waals surface area contributed by atoms with Crippen molar-refractivity contribution >= 4 is 40.6 Å². The number of amides is 4. The highest BCUT2D eigenvalue weighted by atomic mass is 16.5. The van der Waals surface area contributed by atoms with Gasteiger partial charge in [-0.3, -0.25) is 29.8 Å². The van der Waals surface area contributed by atoms with Gasteiger partial charge in [0.2, 0.25) is 12.3 Å². The van der Waals surface area contributed by atoms with E-state index in [1.54, 1.807) is 7.11 Å². The van der Waals surface area contributed by atoms with Crippen molar-refractivity contribution in [1.82, 2.24) is 15.2 Å². The van der Waals surface area contributed by atoms with E-state index in [1.807, 2.05) is 35.8 Å². The van der Waals surface area contributed by atoms with Crippen LogP contribution >= 0.6 is 0 Å². The molecular formula is C19H21N3O5. The molecule has 0 saturated heterocycles. The molecule has 0 aliphatic carbocycles. The largest absolute Gasteiger partial charge is 0.385 e. The van der Waals surface area contributed by atoms with Crippen LogP contribution in [0.4, 0.5) is 0 Å². The lowest BCUT2D eigenvalue weighted by Gasteiger charge is -2.04. The van der Waals surface area contributed by atoms with Crippen LogP contribution in [0, 0.1) is 0 Å². The summed E-state index contributed by atoms with van der Waals surface area (Å²) in [5.74, 6) is -1.02. The van der Waals surface area contributed by atoms with Gasteiger partial charge >= 0.3 is 0 Å². The number of rotatable bonds is 6. The molecule has 8 heteroatoms. The summed E-state index contributed by atoms with van der Waals surface area (Å²) in [6.45, 7) is 2.76. The summed E-state index contributed by atoms with van der Waals surface area (Å²) in [6.07, 6.45) is 4.54. The molecule has 8 nitrogen and oxygen atoms in total. The molecule has 2 aromatic rings. The Morgan fingerprint density at radius 2 is 2.04 bits per heavy atom. The molecule has 2 heterocycles. The highest BCUT2D eigenvalue weighted by molar-refractivity contribution is 6.35. The molecule has 0 saturated carbocycles. The smallest absolute Gasteiger partial charge is 0.258 e. The lowest BCUT2D eigenvalue weighted by Crippen LogP contribution is -2.21. The van der Waals surface area contributed by atoms with Gasteiger partial charge in [-0.25, -0.2) is 0 Å². The number of hydrogen-bond donors (Lipinski definition) is 2. The van der Waals surface area contributed by atoms with Gasteiger partial charge in [0, 0.05) is 55.9 Å². The summed E-state index contributed by atoms with van der Waals surface area (Å²) in [5.41, 5.74) is 2.28. The molecular weight excluding hydrogens is 350 g/mol. The third-order valence-corrected chi connectivity index (χ3v) is 3.85. The zero-order chi connectivity index (χ0) is 19.8. The van der Waals surface area contributed by atoms with E-state index < -0.39 is 0 Å². The van der Waals surface area contributed by atoms with Crippen LogP contribution in [-0.4, -0.2) is 42.4 Å². The SMILES string of the molecule is CC(=O)NC=O.COCCCn1cc(C2=CC(=O)NC2=O)c2ccccc21. The topological polar surface area (TPSA) is 106 Å². The Labute approximate surface area is 156 Å². The van der Waals surface area contributed by atoms with Crippen LogP contribution in [0.25, 0.3) is 16.5 Å². The van der Waals surface area contributed by atoms with Gasteiger partial charge in [0.25, 0.3) is 11.8 Å². The van der Waals surface area contributed by atoms with E-state index in [9.17, 15) is 19.2 Å². The predicted molar refractivity (Wildman–Crippen MR) is 99.4 cm³/mol. The van der Waals surface area contributed by atoms with Crippen LogP contribution in [0.5, 0.6) is 0 Å². The molecule has 27 heavy (non-hydrogen) atoms. The Morgan fingerprint density at radius 3 is 2.59 bits per heavy atom. The summed E-state index contributed by atoms with van der Waals surface area (Å²) >= 11 is 0. The monoisotopic (exact) mass is 371 g/mol. The van der Waals surface area contributed by atoms with Crippen molar-refractivity contribution in [3.05, 3.63) is 42.1 Å². The molecule has 4 amide bonds. The number of carbonyl (C=O) groups is 4.